The lowest BCUT2D eigenvalue weighted by atomic mass is 10.0. The van der Waals surface area contributed by atoms with E-state index in [-0.39, 0.29) is 18.7 Å². The number of hydrogen-bond donors (Lipinski definition) is 0. The van der Waals surface area contributed by atoms with Crippen molar-refractivity contribution < 1.29 is 27.8 Å². The van der Waals surface area contributed by atoms with Gasteiger partial charge in [0.05, 0.1) is 13.7 Å². The van der Waals surface area contributed by atoms with Gasteiger partial charge in [-0.15, -0.1) is 0 Å². The summed E-state index contributed by atoms with van der Waals surface area (Å²) in [6.45, 7) is -1.15. The van der Waals surface area contributed by atoms with Crippen LogP contribution in [0.25, 0.3) is 0 Å². The second-order valence-corrected chi connectivity index (χ2v) is 5.15. The normalized spacial score (nSPS) is 10.8. The smallest absolute Gasteiger partial charge is 0.333 e. The standard InChI is InChI=1S/C17H18F2N2O4/c1-3-25-15(23)9-13(22)16-12(10-21(20-16)17(18)19)8-11-6-4-5-7-14(11)24-2/h4-7,10,17H,3,8-9H2,1-2H3. The van der Waals surface area contributed by atoms with Crippen molar-refractivity contribution >= 4 is 11.8 Å². The maximum absolute atomic E-state index is 13.0. The van der Waals surface area contributed by atoms with Crippen LogP contribution in [0.2, 0.25) is 0 Å². The number of Topliss-reactive ketones (excluding diaryl/α,β-unsaturated/α-hetero) is 1. The zero-order chi connectivity index (χ0) is 18.4. The Morgan fingerprint density at radius 1 is 1.24 bits per heavy atom. The lowest BCUT2D eigenvalue weighted by Gasteiger charge is -2.07. The van der Waals surface area contributed by atoms with E-state index in [9.17, 15) is 18.4 Å². The minimum atomic E-state index is -2.89. The predicted molar refractivity (Wildman–Crippen MR) is 84.9 cm³/mol. The summed E-state index contributed by atoms with van der Waals surface area (Å²) in [5.74, 6) is -0.818. The van der Waals surface area contributed by atoms with Crippen LogP contribution >= 0.6 is 0 Å². The first kappa shape index (κ1) is 18.6. The number of methoxy groups -OCH3 is 1. The fraction of sp³-hybridized carbons (Fsp3) is 0.353. The molecule has 0 spiro atoms. The average Bonchev–Trinajstić information content (AvgIpc) is 3.00. The molecular formula is C17H18F2N2O4. The van der Waals surface area contributed by atoms with Crippen LogP contribution in [0.1, 0.15) is 41.5 Å². The van der Waals surface area contributed by atoms with Gasteiger partial charge < -0.3 is 9.47 Å². The van der Waals surface area contributed by atoms with Crippen molar-refractivity contribution in [2.45, 2.75) is 26.3 Å². The van der Waals surface area contributed by atoms with E-state index in [1.807, 2.05) is 0 Å². The minimum absolute atomic E-state index is 0.131. The Kier molecular flexibility index (Phi) is 6.21. The fourth-order valence-electron chi connectivity index (χ4n) is 2.37. The summed E-state index contributed by atoms with van der Waals surface area (Å²) in [6.07, 6.45) is 0.725. The van der Waals surface area contributed by atoms with E-state index in [0.717, 1.165) is 6.20 Å². The zero-order valence-corrected chi connectivity index (χ0v) is 13.9. The average molecular weight is 352 g/mol. The number of esters is 1. The Bertz CT molecular complexity index is 759. The number of aromatic nitrogens is 2. The molecule has 0 bridgehead atoms. The highest BCUT2D eigenvalue weighted by atomic mass is 19.3. The second kappa shape index (κ2) is 8.36. The molecular weight excluding hydrogens is 334 g/mol. The third kappa shape index (κ3) is 4.62. The van der Waals surface area contributed by atoms with Gasteiger partial charge >= 0.3 is 12.5 Å². The molecule has 0 aliphatic rings. The maximum atomic E-state index is 13.0. The van der Waals surface area contributed by atoms with Gasteiger partial charge in [0, 0.05) is 18.2 Å². The number of halogens is 2. The lowest BCUT2D eigenvalue weighted by Crippen LogP contribution is -2.13. The van der Waals surface area contributed by atoms with Crippen molar-refractivity contribution in [1.82, 2.24) is 9.78 Å². The van der Waals surface area contributed by atoms with Crippen molar-refractivity contribution in [3.8, 4) is 5.75 Å². The monoisotopic (exact) mass is 352 g/mol. The number of ether oxygens (including phenoxy) is 2. The molecule has 0 N–H and O–H groups in total. The molecule has 0 amide bonds. The highest BCUT2D eigenvalue weighted by Gasteiger charge is 2.23. The Balaban J connectivity index is 2.33. The number of carbonyl (C=O) groups excluding carboxylic acids is 2. The topological polar surface area (TPSA) is 70.4 Å². The van der Waals surface area contributed by atoms with Gasteiger partial charge in [0.15, 0.2) is 5.78 Å². The summed E-state index contributed by atoms with van der Waals surface area (Å²) in [5.41, 5.74) is 0.836. The van der Waals surface area contributed by atoms with Crippen LogP contribution in [0.15, 0.2) is 30.5 Å². The summed E-state index contributed by atoms with van der Waals surface area (Å²) in [7, 11) is 1.49. The third-order valence-corrected chi connectivity index (χ3v) is 3.46. The van der Waals surface area contributed by atoms with E-state index in [1.54, 1.807) is 31.2 Å². The van der Waals surface area contributed by atoms with E-state index in [2.05, 4.69) is 5.10 Å². The van der Waals surface area contributed by atoms with E-state index in [4.69, 9.17) is 9.47 Å². The van der Waals surface area contributed by atoms with Gasteiger partial charge in [0.2, 0.25) is 0 Å². The summed E-state index contributed by atoms with van der Waals surface area (Å²) >= 11 is 0. The number of nitrogens with zero attached hydrogens (tertiary/aromatic N) is 2. The lowest BCUT2D eigenvalue weighted by molar-refractivity contribution is -0.141. The van der Waals surface area contributed by atoms with Gasteiger partial charge in [-0.05, 0) is 18.6 Å². The quantitative estimate of drug-likeness (QED) is 0.415. The van der Waals surface area contributed by atoms with E-state index in [0.29, 0.717) is 21.6 Å². The van der Waals surface area contributed by atoms with Crippen LogP contribution < -0.4 is 4.74 Å². The molecule has 1 aromatic heterocycles. The molecule has 2 aromatic rings. The SMILES string of the molecule is CCOC(=O)CC(=O)c1nn(C(F)F)cc1Cc1ccccc1OC. The van der Waals surface area contributed by atoms with Crippen molar-refractivity contribution in [2.75, 3.05) is 13.7 Å². The molecule has 1 heterocycles. The largest absolute Gasteiger partial charge is 0.496 e. The summed E-state index contributed by atoms with van der Waals surface area (Å²) in [5, 5.41) is 3.64. The van der Waals surface area contributed by atoms with Crippen molar-refractivity contribution in [3.05, 3.63) is 47.3 Å². The predicted octanol–water partition coefficient (Wildman–Crippen LogP) is 3.01. The van der Waals surface area contributed by atoms with Crippen molar-refractivity contribution in [3.63, 3.8) is 0 Å². The number of rotatable bonds is 8. The molecule has 0 saturated heterocycles. The number of hydrogen-bond acceptors (Lipinski definition) is 5. The Morgan fingerprint density at radius 2 is 1.96 bits per heavy atom. The number of ketones is 1. The molecule has 1 aromatic carbocycles. The molecule has 8 heteroatoms. The molecule has 0 fully saturated rings. The first-order valence-electron chi connectivity index (χ1n) is 7.63. The van der Waals surface area contributed by atoms with E-state index in [1.165, 1.54) is 7.11 Å². The van der Waals surface area contributed by atoms with Gasteiger partial charge in [-0.2, -0.15) is 13.9 Å². The summed E-state index contributed by atoms with van der Waals surface area (Å²) in [4.78, 5) is 23.8. The van der Waals surface area contributed by atoms with Crippen LogP contribution in [0.5, 0.6) is 5.75 Å². The summed E-state index contributed by atoms with van der Waals surface area (Å²) < 4.78 is 36.3. The molecule has 0 aliphatic heterocycles. The van der Waals surface area contributed by atoms with Gasteiger partial charge in [0.25, 0.3) is 0 Å². The number of carbonyl (C=O) groups is 2. The van der Waals surface area contributed by atoms with Crippen LogP contribution in [0.4, 0.5) is 8.78 Å². The first-order chi connectivity index (χ1) is 12.0. The molecule has 25 heavy (non-hydrogen) atoms. The van der Waals surface area contributed by atoms with E-state index >= 15 is 0 Å². The Hall–Kier alpha value is -2.77. The second-order valence-electron chi connectivity index (χ2n) is 5.15. The molecule has 0 atom stereocenters. The van der Waals surface area contributed by atoms with Gasteiger partial charge in [-0.1, -0.05) is 18.2 Å². The number of para-hydroxylation sites is 1. The van der Waals surface area contributed by atoms with Crippen LogP contribution in [0.3, 0.4) is 0 Å². The molecule has 2 rings (SSSR count). The molecule has 134 valence electrons. The van der Waals surface area contributed by atoms with Gasteiger partial charge in [-0.3, -0.25) is 9.59 Å². The molecule has 6 nitrogen and oxygen atoms in total. The number of benzene rings is 1. The molecule has 0 aliphatic carbocycles. The van der Waals surface area contributed by atoms with E-state index < -0.39 is 24.7 Å². The Labute approximate surface area is 143 Å². The van der Waals surface area contributed by atoms with Crippen LogP contribution in [0, 0.1) is 0 Å². The van der Waals surface area contributed by atoms with Crippen molar-refractivity contribution in [1.29, 1.82) is 0 Å². The van der Waals surface area contributed by atoms with Crippen LogP contribution in [-0.2, 0) is 16.0 Å². The highest BCUT2D eigenvalue weighted by molar-refractivity contribution is 6.05. The fourth-order valence-corrected chi connectivity index (χ4v) is 2.37. The molecule has 0 saturated carbocycles. The molecule has 0 radical (unpaired) electrons. The van der Waals surface area contributed by atoms with Crippen molar-refractivity contribution in [2.24, 2.45) is 0 Å². The van der Waals surface area contributed by atoms with Gasteiger partial charge in [0.1, 0.15) is 17.9 Å². The summed E-state index contributed by atoms with van der Waals surface area (Å²) in [6, 6.07) is 7.04. The Morgan fingerprint density at radius 3 is 2.60 bits per heavy atom. The van der Waals surface area contributed by atoms with Crippen LogP contribution in [-0.4, -0.2) is 35.2 Å². The first-order valence-corrected chi connectivity index (χ1v) is 7.63. The zero-order valence-electron chi connectivity index (χ0n) is 13.9. The number of alkyl halides is 2. The third-order valence-electron chi connectivity index (χ3n) is 3.46. The van der Waals surface area contributed by atoms with Gasteiger partial charge in [-0.25, -0.2) is 4.68 Å². The maximum Gasteiger partial charge on any atom is 0.333 e. The minimum Gasteiger partial charge on any atom is -0.496 e. The highest BCUT2D eigenvalue weighted by Crippen LogP contribution is 2.24. The molecule has 0 unspecified atom stereocenters.